The van der Waals surface area contributed by atoms with E-state index >= 15 is 0 Å². The molecule has 2 N–H and O–H groups in total. The van der Waals surface area contributed by atoms with Gasteiger partial charge in [-0.2, -0.15) is 0 Å². The zero-order chi connectivity index (χ0) is 10.6. The first-order chi connectivity index (χ1) is 6.67. The van der Waals surface area contributed by atoms with Crippen molar-refractivity contribution in [2.24, 2.45) is 0 Å². The van der Waals surface area contributed by atoms with Crippen molar-refractivity contribution in [3.05, 3.63) is 29.3 Å². The second-order valence-corrected chi connectivity index (χ2v) is 3.80. The van der Waals surface area contributed by atoms with Crippen LogP contribution in [0.5, 0.6) is 0 Å². The number of anilines is 1. The monoisotopic (exact) mass is 255 g/mol. The molecule has 0 aliphatic carbocycles. The fourth-order valence-corrected chi connectivity index (χ4v) is 1.55. The maximum absolute atomic E-state index is 11.2. The Labute approximate surface area is 92.6 Å². The van der Waals surface area contributed by atoms with Crippen LogP contribution in [0.15, 0.2) is 18.2 Å². The lowest BCUT2D eigenvalue weighted by atomic mass is 10.0. The molecule has 0 amide bonds. The van der Waals surface area contributed by atoms with Gasteiger partial charge >= 0.3 is 0 Å². The van der Waals surface area contributed by atoms with Crippen molar-refractivity contribution in [2.45, 2.75) is 19.8 Å². The molecule has 0 radical (unpaired) electrons. The normalized spacial score (nSPS) is 10.1. The minimum atomic E-state index is 0.175. The van der Waals surface area contributed by atoms with Crippen LogP contribution in [0.3, 0.4) is 0 Å². The number of carbonyl (C=O) groups is 1. The summed E-state index contributed by atoms with van der Waals surface area (Å²) in [5.41, 5.74) is 8.74. The summed E-state index contributed by atoms with van der Waals surface area (Å²) in [4.78, 5) is 11.2. The van der Waals surface area contributed by atoms with Gasteiger partial charge in [-0.15, -0.1) is 0 Å². The first kappa shape index (κ1) is 11.2. The van der Waals surface area contributed by atoms with E-state index in [2.05, 4.69) is 22.9 Å². The van der Waals surface area contributed by atoms with Crippen molar-refractivity contribution in [1.29, 1.82) is 0 Å². The van der Waals surface area contributed by atoms with Crippen LogP contribution in [-0.4, -0.2) is 11.1 Å². The average molecular weight is 256 g/mol. The van der Waals surface area contributed by atoms with Gasteiger partial charge < -0.3 is 5.73 Å². The summed E-state index contributed by atoms with van der Waals surface area (Å²) in [6.07, 6.45) is 1.39. The molecule has 0 aliphatic heterocycles. The Kier molecular flexibility index (Phi) is 4.14. The van der Waals surface area contributed by atoms with E-state index < -0.39 is 0 Å². The van der Waals surface area contributed by atoms with Gasteiger partial charge in [-0.1, -0.05) is 35.0 Å². The van der Waals surface area contributed by atoms with Crippen LogP contribution in [0.2, 0.25) is 0 Å². The van der Waals surface area contributed by atoms with Crippen molar-refractivity contribution in [3.63, 3.8) is 0 Å². The lowest BCUT2D eigenvalue weighted by molar-refractivity contribution is -0.115. The highest BCUT2D eigenvalue weighted by Crippen LogP contribution is 2.15. The predicted molar refractivity (Wildman–Crippen MR) is 62.7 cm³/mol. The van der Waals surface area contributed by atoms with Gasteiger partial charge in [0.1, 0.15) is 5.78 Å². The Morgan fingerprint density at radius 1 is 1.50 bits per heavy atom. The molecule has 0 unspecified atom stereocenters. The van der Waals surface area contributed by atoms with E-state index in [1.807, 2.05) is 18.2 Å². The van der Waals surface area contributed by atoms with Gasteiger partial charge in [0.25, 0.3) is 0 Å². The number of nitrogens with two attached hydrogens (primary N) is 1. The SMILES string of the molecule is CCc1ccc(CC(=O)CBr)cc1N. The van der Waals surface area contributed by atoms with Crippen molar-refractivity contribution < 1.29 is 4.79 Å². The summed E-state index contributed by atoms with van der Waals surface area (Å²) in [5, 5.41) is 0.405. The lowest BCUT2D eigenvalue weighted by Gasteiger charge is -2.05. The van der Waals surface area contributed by atoms with E-state index in [4.69, 9.17) is 5.73 Å². The molecule has 1 aromatic carbocycles. The van der Waals surface area contributed by atoms with Crippen LogP contribution >= 0.6 is 15.9 Å². The summed E-state index contributed by atoms with van der Waals surface area (Å²) in [5.74, 6) is 0.175. The number of halogens is 1. The topological polar surface area (TPSA) is 43.1 Å². The molecule has 0 spiro atoms. The quantitative estimate of drug-likeness (QED) is 0.663. The van der Waals surface area contributed by atoms with Gasteiger partial charge in [-0.05, 0) is 23.6 Å². The number of nitrogen functional groups attached to an aromatic ring is 1. The highest BCUT2D eigenvalue weighted by atomic mass is 79.9. The molecule has 1 rings (SSSR count). The van der Waals surface area contributed by atoms with Gasteiger partial charge in [0.2, 0.25) is 0 Å². The maximum Gasteiger partial charge on any atom is 0.147 e. The Hall–Kier alpha value is -0.830. The highest BCUT2D eigenvalue weighted by Gasteiger charge is 2.03. The summed E-state index contributed by atoms with van der Waals surface area (Å²) in [6.45, 7) is 2.06. The fourth-order valence-electron chi connectivity index (χ4n) is 1.35. The van der Waals surface area contributed by atoms with Crippen LogP contribution < -0.4 is 5.73 Å². The Morgan fingerprint density at radius 3 is 2.71 bits per heavy atom. The molecule has 0 atom stereocenters. The van der Waals surface area contributed by atoms with E-state index in [1.165, 1.54) is 0 Å². The van der Waals surface area contributed by atoms with Crippen molar-refractivity contribution in [3.8, 4) is 0 Å². The smallest absolute Gasteiger partial charge is 0.147 e. The van der Waals surface area contributed by atoms with Gasteiger partial charge in [-0.3, -0.25) is 4.79 Å². The fraction of sp³-hybridized carbons (Fsp3) is 0.364. The molecule has 0 heterocycles. The number of ketones is 1. The van der Waals surface area contributed by atoms with Gasteiger partial charge in [0.15, 0.2) is 0 Å². The molecular formula is C11H14BrNO. The summed E-state index contributed by atoms with van der Waals surface area (Å²) >= 11 is 3.14. The number of Topliss-reactive ketones (excluding diaryl/α,β-unsaturated/α-hetero) is 1. The molecule has 14 heavy (non-hydrogen) atoms. The van der Waals surface area contributed by atoms with E-state index in [0.717, 1.165) is 23.2 Å². The second-order valence-electron chi connectivity index (χ2n) is 3.24. The summed E-state index contributed by atoms with van der Waals surface area (Å²) in [7, 11) is 0. The zero-order valence-corrected chi connectivity index (χ0v) is 9.80. The lowest BCUT2D eigenvalue weighted by Crippen LogP contribution is -2.04. The highest BCUT2D eigenvalue weighted by molar-refractivity contribution is 9.09. The Bertz CT molecular complexity index is 336. The standard InChI is InChI=1S/C11H14BrNO/c1-2-9-4-3-8(6-11(9)13)5-10(14)7-12/h3-4,6H,2,5,7,13H2,1H3. The number of benzene rings is 1. The second kappa shape index (κ2) is 5.15. The molecule has 76 valence electrons. The van der Waals surface area contributed by atoms with Gasteiger partial charge in [-0.25, -0.2) is 0 Å². The minimum Gasteiger partial charge on any atom is -0.398 e. The molecule has 0 saturated carbocycles. The molecule has 0 aromatic heterocycles. The molecule has 1 aromatic rings. The van der Waals surface area contributed by atoms with Crippen LogP contribution in [0.4, 0.5) is 5.69 Å². The predicted octanol–water partition coefficient (Wildman–Crippen LogP) is 2.34. The van der Waals surface area contributed by atoms with Crippen LogP contribution in [-0.2, 0) is 17.6 Å². The van der Waals surface area contributed by atoms with Crippen LogP contribution in [0.25, 0.3) is 0 Å². The largest absolute Gasteiger partial charge is 0.398 e. The van der Waals surface area contributed by atoms with E-state index in [0.29, 0.717) is 11.8 Å². The third-order valence-corrected chi connectivity index (χ3v) is 2.77. The van der Waals surface area contributed by atoms with Crippen molar-refractivity contribution in [1.82, 2.24) is 0 Å². The molecule has 0 bridgehead atoms. The van der Waals surface area contributed by atoms with E-state index in [-0.39, 0.29) is 5.78 Å². The zero-order valence-electron chi connectivity index (χ0n) is 8.22. The van der Waals surface area contributed by atoms with Crippen LogP contribution in [0.1, 0.15) is 18.1 Å². The Morgan fingerprint density at radius 2 is 2.21 bits per heavy atom. The number of hydrogen-bond donors (Lipinski definition) is 1. The Balaban J connectivity index is 2.81. The molecule has 0 fully saturated rings. The molecule has 0 aliphatic rings. The van der Waals surface area contributed by atoms with Crippen LogP contribution in [0, 0.1) is 0 Å². The number of aryl methyl sites for hydroxylation is 1. The van der Waals surface area contributed by atoms with E-state index in [9.17, 15) is 4.79 Å². The molecule has 2 nitrogen and oxygen atoms in total. The number of carbonyl (C=O) groups excluding carboxylic acids is 1. The maximum atomic E-state index is 11.2. The summed E-state index contributed by atoms with van der Waals surface area (Å²) < 4.78 is 0. The minimum absolute atomic E-state index is 0.175. The third kappa shape index (κ3) is 2.84. The van der Waals surface area contributed by atoms with E-state index in [1.54, 1.807) is 0 Å². The van der Waals surface area contributed by atoms with Crippen molar-refractivity contribution >= 4 is 27.4 Å². The molecule has 3 heteroatoms. The molecule has 0 saturated heterocycles. The number of rotatable bonds is 4. The van der Waals surface area contributed by atoms with Gasteiger partial charge in [0.05, 0.1) is 5.33 Å². The first-order valence-corrected chi connectivity index (χ1v) is 5.74. The molecular weight excluding hydrogens is 242 g/mol. The summed E-state index contributed by atoms with van der Waals surface area (Å²) in [6, 6.07) is 5.85. The van der Waals surface area contributed by atoms with Gasteiger partial charge in [0, 0.05) is 12.1 Å². The van der Waals surface area contributed by atoms with Crippen molar-refractivity contribution in [2.75, 3.05) is 11.1 Å². The average Bonchev–Trinajstić information content (AvgIpc) is 2.18. The first-order valence-electron chi connectivity index (χ1n) is 4.62. The number of alkyl halides is 1. The third-order valence-electron chi connectivity index (χ3n) is 2.14. The number of hydrogen-bond acceptors (Lipinski definition) is 2.